The minimum atomic E-state index is -0.692. The first-order valence-electron chi connectivity index (χ1n) is 8.16. The van der Waals surface area contributed by atoms with Crippen molar-refractivity contribution in [3.05, 3.63) is 65.7 Å². The van der Waals surface area contributed by atoms with E-state index < -0.39 is 5.41 Å². The SMILES string of the molecule is CCc1ccccc1NC(=O)CNC(=O)C(C)(C)c1ccccc1. The predicted octanol–water partition coefficient (Wildman–Crippen LogP) is 3.28. The van der Waals surface area contributed by atoms with Gasteiger partial charge in [0, 0.05) is 5.69 Å². The van der Waals surface area contributed by atoms with Crippen LogP contribution in [-0.4, -0.2) is 18.4 Å². The number of hydrogen-bond acceptors (Lipinski definition) is 2. The molecule has 0 aromatic heterocycles. The van der Waals surface area contributed by atoms with Crippen molar-refractivity contribution in [3.8, 4) is 0 Å². The highest BCUT2D eigenvalue weighted by Gasteiger charge is 2.29. The average Bonchev–Trinajstić information content (AvgIpc) is 2.60. The van der Waals surface area contributed by atoms with E-state index in [1.54, 1.807) is 0 Å². The number of aryl methyl sites for hydroxylation is 1. The molecular weight excluding hydrogens is 300 g/mol. The van der Waals surface area contributed by atoms with Gasteiger partial charge >= 0.3 is 0 Å². The van der Waals surface area contributed by atoms with Crippen LogP contribution in [0.15, 0.2) is 54.6 Å². The number of nitrogens with one attached hydrogen (secondary N) is 2. The molecule has 126 valence electrons. The first kappa shape index (κ1) is 17.7. The van der Waals surface area contributed by atoms with Crippen LogP contribution >= 0.6 is 0 Å². The molecule has 0 atom stereocenters. The Morgan fingerprint density at radius 1 is 0.958 bits per heavy atom. The third-order valence-electron chi connectivity index (χ3n) is 4.14. The molecule has 0 aliphatic carbocycles. The van der Waals surface area contributed by atoms with Gasteiger partial charge in [-0.25, -0.2) is 0 Å². The summed E-state index contributed by atoms with van der Waals surface area (Å²) in [5.41, 5.74) is 2.09. The lowest BCUT2D eigenvalue weighted by Crippen LogP contribution is -2.43. The summed E-state index contributed by atoms with van der Waals surface area (Å²) in [6.45, 7) is 5.69. The smallest absolute Gasteiger partial charge is 0.243 e. The van der Waals surface area contributed by atoms with E-state index in [1.165, 1.54) is 0 Å². The van der Waals surface area contributed by atoms with Crippen LogP contribution in [0.25, 0.3) is 0 Å². The summed E-state index contributed by atoms with van der Waals surface area (Å²) < 4.78 is 0. The van der Waals surface area contributed by atoms with Gasteiger partial charge in [-0.1, -0.05) is 55.5 Å². The highest BCUT2D eigenvalue weighted by molar-refractivity contribution is 5.96. The van der Waals surface area contributed by atoms with Gasteiger partial charge in [0.15, 0.2) is 0 Å². The molecular formula is C20H24N2O2. The lowest BCUT2D eigenvalue weighted by atomic mass is 9.84. The van der Waals surface area contributed by atoms with Crippen molar-refractivity contribution in [2.75, 3.05) is 11.9 Å². The average molecular weight is 324 g/mol. The quantitative estimate of drug-likeness (QED) is 0.857. The van der Waals surface area contributed by atoms with Gasteiger partial charge in [-0.15, -0.1) is 0 Å². The zero-order chi connectivity index (χ0) is 17.6. The van der Waals surface area contributed by atoms with Gasteiger partial charge in [0.25, 0.3) is 0 Å². The molecule has 0 heterocycles. The summed E-state index contributed by atoms with van der Waals surface area (Å²) in [7, 11) is 0. The van der Waals surface area contributed by atoms with Crippen LogP contribution in [-0.2, 0) is 21.4 Å². The topological polar surface area (TPSA) is 58.2 Å². The van der Waals surface area contributed by atoms with Crippen molar-refractivity contribution in [1.29, 1.82) is 0 Å². The van der Waals surface area contributed by atoms with Crippen LogP contribution < -0.4 is 10.6 Å². The van der Waals surface area contributed by atoms with Crippen molar-refractivity contribution >= 4 is 17.5 Å². The highest BCUT2D eigenvalue weighted by atomic mass is 16.2. The van der Waals surface area contributed by atoms with Gasteiger partial charge in [-0.05, 0) is 37.5 Å². The molecule has 2 aromatic carbocycles. The summed E-state index contributed by atoms with van der Waals surface area (Å²) in [6, 6.07) is 17.2. The van der Waals surface area contributed by atoms with Crippen molar-refractivity contribution < 1.29 is 9.59 Å². The van der Waals surface area contributed by atoms with Gasteiger partial charge in [-0.3, -0.25) is 9.59 Å². The van der Waals surface area contributed by atoms with Crippen LogP contribution in [0.5, 0.6) is 0 Å². The maximum Gasteiger partial charge on any atom is 0.243 e. The van der Waals surface area contributed by atoms with Crippen LogP contribution in [0, 0.1) is 0 Å². The van der Waals surface area contributed by atoms with E-state index >= 15 is 0 Å². The van der Waals surface area contributed by atoms with E-state index in [4.69, 9.17) is 0 Å². The Kier molecular flexibility index (Phi) is 5.74. The van der Waals surface area contributed by atoms with Gasteiger partial charge in [0.1, 0.15) is 0 Å². The molecule has 2 N–H and O–H groups in total. The Bertz CT molecular complexity index is 709. The maximum absolute atomic E-state index is 12.5. The Balaban J connectivity index is 1.95. The van der Waals surface area contributed by atoms with Gasteiger partial charge in [0.2, 0.25) is 11.8 Å². The second-order valence-electron chi connectivity index (χ2n) is 6.23. The summed E-state index contributed by atoms with van der Waals surface area (Å²) in [5, 5.41) is 5.58. The van der Waals surface area contributed by atoms with Gasteiger partial charge < -0.3 is 10.6 Å². The molecule has 0 saturated heterocycles. The molecule has 0 saturated carbocycles. The third-order valence-corrected chi connectivity index (χ3v) is 4.14. The standard InChI is InChI=1S/C20H24N2O2/c1-4-15-10-8-9-13-17(15)22-18(23)14-21-19(24)20(2,3)16-11-6-5-7-12-16/h5-13H,4,14H2,1-3H3,(H,21,24)(H,22,23). The number of para-hydroxylation sites is 1. The Hall–Kier alpha value is -2.62. The molecule has 2 rings (SSSR count). The number of benzene rings is 2. The fourth-order valence-corrected chi connectivity index (χ4v) is 2.51. The molecule has 24 heavy (non-hydrogen) atoms. The first-order valence-corrected chi connectivity index (χ1v) is 8.16. The molecule has 0 aliphatic heterocycles. The van der Waals surface area contributed by atoms with E-state index in [0.717, 1.165) is 23.2 Å². The van der Waals surface area contributed by atoms with Crippen molar-refractivity contribution in [1.82, 2.24) is 5.32 Å². The van der Waals surface area contributed by atoms with E-state index in [-0.39, 0.29) is 18.4 Å². The normalized spacial score (nSPS) is 11.0. The van der Waals surface area contributed by atoms with Crippen LogP contribution in [0.4, 0.5) is 5.69 Å². The Morgan fingerprint density at radius 2 is 1.58 bits per heavy atom. The van der Waals surface area contributed by atoms with E-state index in [0.29, 0.717) is 0 Å². The van der Waals surface area contributed by atoms with Crippen molar-refractivity contribution in [2.45, 2.75) is 32.6 Å². The number of carbonyl (C=O) groups is 2. The predicted molar refractivity (Wildman–Crippen MR) is 96.9 cm³/mol. The second-order valence-corrected chi connectivity index (χ2v) is 6.23. The molecule has 0 unspecified atom stereocenters. The number of hydrogen-bond donors (Lipinski definition) is 2. The number of amides is 2. The van der Waals surface area contributed by atoms with Gasteiger partial charge in [-0.2, -0.15) is 0 Å². The number of rotatable bonds is 6. The zero-order valence-corrected chi connectivity index (χ0v) is 14.4. The second kappa shape index (κ2) is 7.77. The highest BCUT2D eigenvalue weighted by Crippen LogP contribution is 2.22. The molecule has 0 radical (unpaired) electrons. The summed E-state index contributed by atoms with van der Waals surface area (Å²) in [4.78, 5) is 24.6. The lowest BCUT2D eigenvalue weighted by molar-refractivity contribution is -0.127. The van der Waals surface area contributed by atoms with Crippen molar-refractivity contribution in [2.24, 2.45) is 0 Å². The summed E-state index contributed by atoms with van der Waals surface area (Å²) in [6.07, 6.45) is 0.837. The van der Waals surface area contributed by atoms with E-state index in [1.807, 2.05) is 75.4 Å². The largest absolute Gasteiger partial charge is 0.346 e. The monoisotopic (exact) mass is 324 g/mol. The summed E-state index contributed by atoms with van der Waals surface area (Å²) in [5.74, 6) is -0.402. The number of anilines is 1. The van der Waals surface area contributed by atoms with Crippen LogP contribution in [0.2, 0.25) is 0 Å². The Morgan fingerprint density at radius 3 is 2.25 bits per heavy atom. The fourth-order valence-electron chi connectivity index (χ4n) is 2.51. The molecule has 0 bridgehead atoms. The molecule has 4 nitrogen and oxygen atoms in total. The van der Waals surface area contributed by atoms with Crippen LogP contribution in [0.3, 0.4) is 0 Å². The molecule has 0 spiro atoms. The zero-order valence-electron chi connectivity index (χ0n) is 14.4. The van der Waals surface area contributed by atoms with Gasteiger partial charge in [0.05, 0.1) is 12.0 Å². The van der Waals surface area contributed by atoms with Crippen molar-refractivity contribution in [3.63, 3.8) is 0 Å². The molecule has 4 heteroatoms. The number of carbonyl (C=O) groups excluding carboxylic acids is 2. The molecule has 0 fully saturated rings. The van der Waals surface area contributed by atoms with E-state index in [2.05, 4.69) is 10.6 Å². The maximum atomic E-state index is 12.5. The third kappa shape index (κ3) is 4.22. The Labute approximate surface area is 143 Å². The summed E-state index contributed by atoms with van der Waals surface area (Å²) >= 11 is 0. The molecule has 2 aromatic rings. The lowest BCUT2D eigenvalue weighted by Gasteiger charge is -2.24. The first-order chi connectivity index (χ1) is 11.4. The molecule has 0 aliphatic rings. The van der Waals surface area contributed by atoms with E-state index in [9.17, 15) is 9.59 Å². The molecule has 2 amide bonds. The fraction of sp³-hybridized carbons (Fsp3) is 0.300. The minimum absolute atomic E-state index is 0.0485. The van der Waals surface area contributed by atoms with Crippen LogP contribution in [0.1, 0.15) is 31.9 Å². The minimum Gasteiger partial charge on any atom is -0.346 e.